The summed E-state index contributed by atoms with van der Waals surface area (Å²) in [5, 5.41) is 5.76. The maximum absolute atomic E-state index is 11.4. The standard InChI is InChI=1S/C9H16N2O2/c1-5(2)8-9(13)11-7(4-10-8)6(3)12/h5,7-8,10H,4H2,1-3H3,(H,11,13). The SMILES string of the molecule is CC(=O)C1CNC(C(C)C)C(=O)N1. The molecular formula is C9H16N2O2. The molecular weight excluding hydrogens is 168 g/mol. The van der Waals surface area contributed by atoms with Gasteiger partial charge in [0.1, 0.15) is 0 Å². The molecule has 2 atom stereocenters. The fraction of sp³-hybridized carbons (Fsp3) is 0.778. The van der Waals surface area contributed by atoms with E-state index in [4.69, 9.17) is 0 Å². The molecule has 74 valence electrons. The lowest BCUT2D eigenvalue weighted by molar-refractivity contribution is -0.131. The number of hydrogen-bond acceptors (Lipinski definition) is 3. The summed E-state index contributed by atoms with van der Waals surface area (Å²) in [5.41, 5.74) is 0. The van der Waals surface area contributed by atoms with E-state index in [1.54, 1.807) is 0 Å². The molecule has 1 amide bonds. The molecule has 4 heteroatoms. The van der Waals surface area contributed by atoms with E-state index in [0.717, 1.165) is 0 Å². The molecule has 13 heavy (non-hydrogen) atoms. The minimum atomic E-state index is -0.345. The summed E-state index contributed by atoms with van der Waals surface area (Å²) in [4.78, 5) is 22.4. The van der Waals surface area contributed by atoms with Crippen molar-refractivity contribution in [3.05, 3.63) is 0 Å². The molecule has 1 rings (SSSR count). The maximum atomic E-state index is 11.4. The summed E-state index contributed by atoms with van der Waals surface area (Å²) in [6.45, 7) is 5.99. The Hall–Kier alpha value is -0.900. The van der Waals surface area contributed by atoms with Gasteiger partial charge in [-0.3, -0.25) is 9.59 Å². The Bertz CT molecular complexity index is 226. The summed E-state index contributed by atoms with van der Waals surface area (Å²) in [6, 6.07) is -0.502. The molecule has 1 aliphatic heterocycles. The molecule has 0 saturated carbocycles. The van der Waals surface area contributed by atoms with Gasteiger partial charge in [-0.2, -0.15) is 0 Å². The average Bonchev–Trinajstić information content (AvgIpc) is 2.03. The van der Waals surface area contributed by atoms with Crippen LogP contribution in [0.2, 0.25) is 0 Å². The van der Waals surface area contributed by atoms with Crippen molar-refractivity contribution >= 4 is 11.7 Å². The minimum Gasteiger partial charge on any atom is -0.344 e. The van der Waals surface area contributed by atoms with Crippen molar-refractivity contribution in [2.45, 2.75) is 32.9 Å². The number of amides is 1. The Labute approximate surface area is 78.1 Å². The molecule has 0 radical (unpaired) electrons. The van der Waals surface area contributed by atoms with E-state index in [9.17, 15) is 9.59 Å². The fourth-order valence-electron chi connectivity index (χ4n) is 1.43. The second-order valence-electron chi connectivity index (χ2n) is 3.80. The van der Waals surface area contributed by atoms with Crippen LogP contribution in [0.25, 0.3) is 0 Å². The highest BCUT2D eigenvalue weighted by Gasteiger charge is 2.30. The molecule has 1 aliphatic rings. The van der Waals surface area contributed by atoms with Crippen LogP contribution >= 0.6 is 0 Å². The highest BCUT2D eigenvalue weighted by atomic mass is 16.2. The zero-order valence-electron chi connectivity index (χ0n) is 8.26. The lowest BCUT2D eigenvalue weighted by atomic mass is 9.99. The molecule has 2 unspecified atom stereocenters. The minimum absolute atomic E-state index is 0.00283. The van der Waals surface area contributed by atoms with Gasteiger partial charge in [-0.05, 0) is 12.8 Å². The quantitative estimate of drug-likeness (QED) is 0.619. The van der Waals surface area contributed by atoms with Crippen LogP contribution in [0.4, 0.5) is 0 Å². The largest absolute Gasteiger partial charge is 0.344 e. The van der Waals surface area contributed by atoms with Crippen LogP contribution in [0.1, 0.15) is 20.8 Å². The predicted octanol–water partition coefficient (Wildman–Crippen LogP) is -0.312. The Kier molecular flexibility index (Phi) is 3.03. The van der Waals surface area contributed by atoms with Crippen molar-refractivity contribution in [3.8, 4) is 0 Å². The molecule has 1 fully saturated rings. The normalized spacial score (nSPS) is 28.8. The molecule has 0 aromatic heterocycles. The Morgan fingerprint density at radius 3 is 2.54 bits per heavy atom. The molecule has 0 aromatic rings. The average molecular weight is 184 g/mol. The first-order valence-corrected chi connectivity index (χ1v) is 4.56. The van der Waals surface area contributed by atoms with Crippen LogP contribution in [0.3, 0.4) is 0 Å². The van der Waals surface area contributed by atoms with Gasteiger partial charge in [-0.25, -0.2) is 0 Å². The number of nitrogens with one attached hydrogen (secondary N) is 2. The van der Waals surface area contributed by atoms with Crippen LogP contribution in [0.15, 0.2) is 0 Å². The predicted molar refractivity (Wildman–Crippen MR) is 49.2 cm³/mol. The first-order valence-electron chi connectivity index (χ1n) is 4.56. The van der Waals surface area contributed by atoms with E-state index in [0.29, 0.717) is 6.54 Å². The second kappa shape index (κ2) is 3.87. The maximum Gasteiger partial charge on any atom is 0.238 e. The highest BCUT2D eigenvalue weighted by molar-refractivity contribution is 5.91. The van der Waals surface area contributed by atoms with Crippen LogP contribution in [-0.2, 0) is 9.59 Å². The van der Waals surface area contributed by atoms with E-state index in [2.05, 4.69) is 10.6 Å². The smallest absolute Gasteiger partial charge is 0.238 e. The third-order valence-electron chi connectivity index (χ3n) is 2.30. The molecule has 0 aromatic carbocycles. The van der Waals surface area contributed by atoms with Crippen molar-refractivity contribution in [1.82, 2.24) is 10.6 Å². The van der Waals surface area contributed by atoms with Gasteiger partial charge in [0.05, 0.1) is 12.1 Å². The second-order valence-corrected chi connectivity index (χ2v) is 3.80. The molecule has 0 aliphatic carbocycles. The lowest BCUT2D eigenvalue weighted by Gasteiger charge is -2.31. The van der Waals surface area contributed by atoms with Crippen molar-refractivity contribution in [2.75, 3.05) is 6.54 Å². The number of ketones is 1. The van der Waals surface area contributed by atoms with Crippen molar-refractivity contribution in [2.24, 2.45) is 5.92 Å². The van der Waals surface area contributed by atoms with E-state index in [-0.39, 0.29) is 29.7 Å². The molecule has 4 nitrogen and oxygen atoms in total. The lowest BCUT2D eigenvalue weighted by Crippen LogP contribution is -2.61. The van der Waals surface area contributed by atoms with Gasteiger partial charge in [0.2, 0.25) is 5.91 Å². The first-order chi connectivity index (χ1) is 6.02. The Balaban J connectivity index is 2.57. The highest BCUT2D eigenvalue weighted by Crippen LogP contribution is 2.06. The zero-order valence-corrected chi connectivity index (χ0v) is 8.26. The van der Waals surface area contributed by atoms with Crippen LogP contribution in [0.5, 0.6) is 0 Å². The first kappa shape index (κ1) is 10.2. The fourth-order valence-corrected chi connectivity index (χ4v) is 1.43. The van der Waals surface area contributed by atoms with Crippen LogP contribution in [-0.4, -0.2) is 30.3 Å². The third-order valence-corrected chi connectivity index (χ3v) is 2.30. The summed E-state index contributed by atoms with van der Waals surface area (Å²) in [6.07, 6.45) is 0. The number of Topliss-reactive ketones (excluding diaryl/α,β-unsaturated/α-hetero) is 1. The van der Waals surface area contributed by atoms with Gasteiger partial charge in [0.15, 0.2) is 5.78 Å². The van der Waals surface area contributed by atoms with Gasteiger partial charge in [-0.1, -0.05) is 13.8 Å². The van der Waals surface area contributed by atoms with Crippen molar-refractivity contribution < 1.29 is 9.59 Å². The Morgan fingerprint density at radius 1 is 1.54 bits per heavy atom. The molecule has 2 N–H and O–H groups in total. The van der Waals surface area contributed by atoms with Gasteiger partial charge >= 0.3 is 0 Å². The van der Waals surface area contributed by atoms with Gasteiger partial charge < -0.3 is 10.6 Å². The number of piperazine rings is 1. The third kappa shape index (κ3) is 2.28. The number of rotatable bonds is 2. The number of hydrogen-bond donors (Lipinski definition) is 2. The Morgan fingerprint density at radius 2 is 2.15 bits per heavy atom. The number of carbonyl (C=O) groups excluding carboxylic acids is 2. The zero-order chi connectivity index (χ0) is 10.0. The van der Waals surface area contributed by atoms with E-state index in [1.165, 1.54) is 6.92 Å². The summed E-state index contributed by atoms with van der Waals surface area (Å²) < 4.78 is 0. The summed E-state index contributed by atoms with van der Waals surface area (Å²) >= 11 is 0. The van der Waals surface area contributed by atoms with Gasteiger partial charge in [0, 0.05) is 6.54 Å². The van der Waals surface area contributed by atoms with E-state index in [1.807, 2.05) is 13.8 Å². The topological polar surface area (TPSA) is 58.2 Å². The van der Waals surface area contributed by atoms with Crippen LogP contribution in [0, 0.1) is 5.92 Å². The van der Waals surface area contributed by atoms with E-state index >= 15 is 0 Å². The molecule has 0 bridgehead atoms. The monoisotopic (exact) mass is 184 g/mol. The van der Waals surface area contributed by atoms with Gasteiger partial charge in [0.25, 0.3) is 0 Å². The van der Waals surface area contributed by atoms with E-state index < -0.39 is 0 Å². The van der Waals surface area contributed by atoms with Crippen molar-refractivity contribution in [3.63, 3.8) is 0 Å². The molecule has 0 spiro atoms. The molecule has 1 heterocycles. The summed E-state index contributed by atoms with van der Waals surface area (Å²) in [5.74, 6) is 0.192. The van der Waals surface area contributed by atoms with Gasteiger partial charge in [-0.15, -0.1) is 0 Å². The number of carbonyl (C=O) groups is 2. The van der Waals surface area contributed by atoms with Crippen molar-refractivity contribution in [1.29, 1.82) is 0 Å². The molecule has 1 saturated heterocycles. The van der Waals surface area contributed by atoms with Crippen LogP contribution < -0.4 is 10.6 Å². The summed E-state index contributed by atoms with van der Waals surface area (Å²) in [7, 11) is 0.